The summed E-state index contributed by atoms with van der Waals surface area (Å²) in [5.41, 5.74) is 8.20. The number of hydrazone groups is 1. The molecule has 0 saturated heterocycles. The molecule has 0 unspecified atom stereocenters. The summed E-state index contributed by atoms with van der Waals surface area (Å²) >= 11 is 6.55. The van der Waals surface area contributed by atoms with Gasteiger partial charge in [-0.15, -0.1) is 0 Å². The van der Waals surface area contributed by atoms with Gasteiger partial charge in [-0.1, -0.05) is 22.0 Å². The number of allylic oxidation sites excluding steroid dienone is 1. The molecule has 1 heterocycles. The lowest BCUT2D eigenvalue weighted by molar-refractivity contribution is 0.0952. The fourth-order valence-electron chi connectivity index (χ4n) is 3.92. The van der Waals surface area contributed by atoms with Gasteiger partial charge in [0.25, 0.3) is 5.91 Å². The van der Waals surface area contributed by atoms with Crippen LogP contribution in [-0.4, -0.2) is 29.3 Å². The van der Waals surface area contributed by atoms with Crippen molar-refractivity contribution in [3.05, 3.63) is 61.5 Å². The van der Waals surface area contributed by atoms with Gasteiger partial charge < -0.3 is 10.0 Å². The second kappa shape index (κ2) is 8.55. The van der Waals surface area contributed by atoms with Crippen LogP contribution in [0.4, 0.5) is 5.69 Å². The van der Waals surface area contributed by atoms with E-state index in [1.807, 2.05) is 6.92 Å². The molecule has 0 aromatic heterocycles. The van der Waals surface area contributed by atoms with Gasteiger partial charge in [0.1, 0.15) is 5.75 Å². The van der Waals surface area contributed by atoms with E-state index < -0.39 is 5.91 Å². The maximum atomic E-state index is 12.4. The molecule has 1 aliphatic rings. The Morgan fingerprint density at radius 1 is 1.23 bits per heavy atom. The van der Waals surface area contributed by atoms with Gasteiger partial charge in [0, 0.05) is 22.3 Å². The number of phenols is 1. The van der Waals surface area contributed by atoms with Gasteiger partial charge in [-0.05, 0) is 91.5 Å². The highest BCUT2D eigenvalue weighted by Gasteiger charge is 2.30. The van der Waals surface area contributed by atoms with Crippen molar-refractivity contribution in [2.24, 2.45) is 5.10 Å². The number of benzene rings is 2. The minimum Gasteiger partial charge on any atom is -0.506 e. The highest BCUT2D eigenvalue weighted by Crippen LogP contribution is 2.39. The maximum absolute atomic E-state index is 12.4. The molecule has 30 heavy (non-hydrogen) atoms. The number of nitrogens with one attached hydrogen (secondary N) is 1. The largest absolute Gasteiger partial charge is 0.506 e. The third-order valence-corrected chi connectivity index (χ3v) is 6.39. The van der Waals surface area contributed by atoms with Gasteiger partial charge >= 0.3 is 0 Å². The van der Waals surface area contributed by atoms with Crippen molar-refractivity contribution in [3.63, 3.8) is 0 Å². The third-order valence-electron chi connectivity index (χ3n) is 5.32. The predicted molar refractivity (Wildman–Crippen MR) is 130 cm³/mol. The number of rotatable bonds is 4. The zero-order valence-electron chi connectivity index (χ0n) is 17.7. The number of aryl methyl sites for hydroxylation is 1. The smallest absolute Gasteiger partial charge is 0.275 e. The van der Waals surface area contributed by atoms with E-state index in [1.165, 1.54) is 16.8 Å². The molecule has 158 valence electrons. The van der Waals surface area contributed by atoms with Gasteiger partial charge in [0.15, 0.2) is 0 Å². The summed E-state index contributed by atoms with van der Waals surface area (Å²) in [6.45, 7) is 11.7. The topological polar surface area (TPSA) is 64.9 Å². The molecular formula is C23H25Br2N3O2. The Morgan fingerprint density at radius 2 is 1.93 bits per heavy atom. The first-order chi connectivity index (χ1) is 14.0. The quantitative estimate of drug-likeness (QED) is 0.373. The van der Waals surface area contributed by atoms with E-state index in [-0.39, 0.29) is 16.9 Å². The van der Waals surface area contributed by atoms with Crippen LogP contribution in [0.1, 0.15) is 54.7 Å². The molecule has 7 heteroatoms. The molecule has 1 amide bonds. The zero-order chi connectivity index (χ0) is 22.2. The summed E-state index contributed by atoms with van der Waals surface area (Å²) in [5.74, 6) is -0.616. The van der Waals surface area contributed by atoms with Crippen LogP contribution in [0.5, 0.6) is 5.75 Å². The summed E-state index contributed by atoms with van der Waals surface area (Å²) in [4.78, 5) is 14.8. The molecule has 3 rings (SSSR count). The predicted octanol–water partition coefficient (Wildman–Crippen LogP) is 6.01. The van der Waals surface area contributed by atoms with Crippen molar-refractivity contribution in [2.75, 3.05) is 11.4 Å². The van der Waals surface area contributed by atoms with Crippen molar-refractivity contribution in [1.29, 1.82) is 0 Å². The molecule has 2 aromatic rings. The van der Waals surface area contributed by atoms with E-state index in [0.717, 1.165) is 17.7 Å². The molecular weight excluding hydrogens is 510 g/mol. The first-order valence-corrected chi connectivity index (χ1v) is 11.3. The fraction of sp³-hybridized carbons (Fsp3) is 0.304. The van der Waals surface area contributed by atoms with Crippen LogP contribution in [-0.2, 0) is 0 Å². The van der Waals surface area contributed by atoms with Crippen LogP contribution in [0.2, 0.25) is 0 Å². The highest BCUT2D eigenvalue weighted by molar-refractivity contribution is 9.11. The van der Waals surface area contributed by atoms with Gasteiger partial charge in [-0.3, -0.25) is 4.79 Å². The maximum Gasteiger partial charge on any atom is 0.275 e. The average Bonchev–Trinajstić information content (AvgIpc) is 2.65. The van der Waals surface area contributed by atoms with Crippen LogP contribution in [0.15, 0.2) is 44.4 Å². The summed E-state index contributed by atoms with van der Waals surface area (Å²) in [6.07, 6.45) is 3.92. The third kappa shape index (κ3) is 4.32. The lowest BCUT2D eigenvalue weighted by Crippen LogP contribution is -2.45. The van der Waals surface area contributed by atoms with Crippen molar-refractivity contribution >= 4 is 55.2 Å². The Labute approximate surface area is 194 Å². The number of anilines is 1. The van der Waals surface area contributed by atoms with E-state index in [4.69, 9.17) is 0 Å². The SMILES string of the molecule is CCN1c2cc(C)c(/C=N/NC(=O)c3cc(Br)cc(Br)c3O)cc2C(C)=CC1(C)C. The standard InChI is InChI=1S/C23H25Br2N3O2/c1-6-28-20-7-13(2)15(8-17(20)14(3)11-23(28,4)5)12-26-27-22(30)18-9-16(24)10-19(25)21(18)29/h7-12,29H,6H2,1-5H3,(H,27,30)/b26-12+. The van der Waals surface area contributed by atoms with E-state index >= 15 is 0 Å². The molecule has 5 nitrogen and oxygen atoms in total. The number of nitrogens with zero attached hydrogens (tertiary/aromatic N) is 2. The van der Waals surface area contributed by atoms with Gasteiger partial charge in [0.05, 0.1) is 21.8 Å². The first-order valence-electron chi connectivity index (χ1n) is 9.68. The Kier molecular flexibility index (Phi) is 6.43. The number of hydrogen-bond donors (Lipinski definition) is 2. The van der Waals surface area contributed by atoms with Crippen LogP contribution in [0.3, 0.4) is 0 Å². The van der Waals surface area contributed by atoms with E-state index in [0.29, 0.717) is 8.95 Å². The number of carbonyl (C=O) groups is 1. The Balaban J connectivity index is 1.87. The summed E-state index contributed by atoms with van der Waals surface area (Å²) < 4.78 is 1.11. The molecule has 0 aliphatic carbocycles. The zero-order valence-corrected chi connectivity index (χ0v) is 20.8. The van der Waals surface area contributed by atoms with Crippen LogP contribution < -0.4 is 10.3 Å². The Bertz CT molecular complexity index is 1070. The normalized spacial score (nSPS) is 15.2. The monoisotopic (exact) mass is 533 g/mol. The number of likely N-dealkylation sites (N-methyl/N-ethyl adjacent to an activating group) is 1. The minimum atomic E-state index is -0.489. The fourth-order valence-corrected chi connectivity index (χ4v) is 5.15. The van der Waals surface area contributed by atoms with Crippen LogP contribution in [0.25, 0.3) is 5.57 Å². The Hall–Kier alpha value is -2.12. The summed E-state index contributed by atoms with van der Waals surface area (Å²) in [6, 6.07) is 7.50. The van der Waals surface area contributed by atoms with E-state index in [2.05, 4.69) is 93.2 Å². The summed E-state index contributed by atoms with van der Waals surface area (Å²) in [5, 5.41) is 14.2. The van der Waals surface area contributed by atoms with Crippen LogP contribution in [0, 0.1) is 6.92 Å². The van der Waals surface area contributed by atoms with Crippen molar-refractivity contribution < 1.29 is 9.90 Å². The Morgan fingerprint density at radius 3 is 2.60 bits per heavy atom. The number of aromatic hydroxyl groups is 1. The molecule has 0 fully saturated rings. The molecule has 0 radical (unpaired) electrons. The molecule has 2 N–H and O–H groups in total. The van der Waals surface area contributed by atoms with Gasteiger partial charge in [0.2, 0.25) is 0 Å². The van der Waals surface area contributed by atoms with E-state index in [9.17, 15) is 9.90 Å². The molecule has 0 bridgehead atoms. The number of phenolic OH excluding ortho intramolecular Hbond substituents is 1. The van der Waals surface area contributed by atoms with Crippen molar-refractivity contribution in [3.8, 4) is 5.75 Å². The second-order valence-corrected chi connectivity index (χ2v) is 9.70. The van der Waals surface area contributed by atoms with Gasteiger partial charge in [-0.2, -0.15) is 5.10 Å². The molecule has 0 spiro atoms. The first kappa shape index (κ1) is 22.6. The molecule has 1 aliphatic heterocycles. The highest BCUT2D eigenvalue weighted by atomic mass is 79.9. The minimum absolute atomic E-state index is 0.0396. The number of fused-ring (bicyclic) bond motifs is 1. The lowest BCUT2D eigenvalue weighted by Gasteiger charge is -2.43. The van der Waals surface area contributed by atoms with Crippen LogP contribution >= 0.6 is 31.9 Å². The molecule has 2 aromatic carbocycles. The van der Waals surface area contributed by atoms with Crippen molar-refractivity contribution in [1.82, 2.24) is 5.43 Å². The number of halogens is 2. The molecule has 0 saturated carbocycles. The second-order valence-electron chi connectivity index (χ2n) is 7.93. The molecule has 0 atom stereocenters. The summed E-state index contributed by atoms with van der Waals surface area (Å²) in [7, 11) is 0. The number of amides is 1. The average molecular weight is 535 g/mol. The van der Waals surface area contributed by atoms with E-state index in [1.54, 1.807) is 18.3 Å². The lowest BCUT2D eigenvalue weighted by atomic mass is 9.87. The number of hydrogen-bond acceptors (Lipinski definition) is 4. The van der Waals surface area contributed by atoms with Gasteiger partial charge in [-0.25, -0.2) is 5.43 Å². The number of carbonyl (C=O) groups excluding carboxylic acids is 1. The van der Waals surface area contributed by atoms with Crippen molar-refractivity contribution in [2.45, 2.75) is 40.2 Å².